The molecule has 2 nitrogen and oxygen atoms in total. The molecule has 0 aliphatic heterocycles. The highest BCUT2D eigenvalue weighted by atomic mass is 19.4. The van der Waals surface area contributed by atoms with E-state index in [1.807, 2.05) is 6.07 Å². The fourth-order valence-corrected chi connectivity index (χ4v) is 1.80. The van der Waals surface area contributed by atoms with Crippen molar-refractivity contribution in [2.24, 2.45) is 0 Å². The first-order valence-electron chi connectivity index (χ1n) is 5.39. The molecular weight excluding hydrogens is 253 g/mol. The van der Waals surface area contributed by atoms with E-state index < -0.39 is 11.7 Å². The Hall–Kier alpha value is -2.48. The number of nitrogens with two attached hydrogens (primary N) is 1. The zero-order chi connectivity index (χ0) is 14.0. The molecule has 0 amide bonds. The molecule has 0 heterocycles. The van der Waals surface area contributed by atoms with Gasteiger partial charge in [-0.3, -0.25) is 0 Å². The third-order valence-electron chi connectivity index (χ3n) is 2.71. The molecule has 96 valence electrons. The Morgan fingerprint density at radius 1 is 1.05 bits per heavy atom. The number of anilines is 1. The Morgan fingerprint density at radius 3 is 2.37 bits per heavy atom. The van der Waals surface area contributed by atoms with Crippen LogP contribution in [0.5, 0.6) is 0 Å². The summed E-state index contributed by atoms with van der Waals surface area (Å²) < 4.78 is 38.0. The number of rotatable bonds is 1. The van der Waals surface area contributed by atoms with Gasteiger partial charge in [0.2, 0.25) is 0 Å². The minimum atomic E-state index is -4.41. The van der Waals surface area contributed by atoms with E-state index in [1.54, 1.807) is 12.1 Å². The molecular formula is C14H9F3N2. The number of halogens is 3. The van der Waals surface area contributed by atoms with E-state index in [9.17, 15) is 13.2 Å². The fraction of sp³-hybridized carbons (Fsp3) is 0.0714. The van der Waals surface area contributed by atoms with E-state index in [0.29, 0.717) is 11.1 Å². The number of nitrogen functional groups attached to an aromatic ring is 1. The van der Waals surface area contributed by atoms with E-state index >= 15 is 0 Å². The monoisotopic (exact) mass is 262 g/mol. The first-order chi connectivity index (χ1) is 8.93. The minimum absolute atomic E-state index is 0.182. The van der Waals surface area contributed by atoms with E-state index in [-0.39, 0.29) is 11.3 Å². The van der Waals surface area contributed by atoms with Crippen LogP contribution in [0.1, 0.15) is 11.1 Å². The molecule has 2 N–H and O–H groups in total. The van der Waals surface area contributed by atoms with Crippen molar-refractivity contribution >= 4 is 5.69 Å². The summed E-state index contributed by atoms with van der Waals surface area (Å²) in [4.78, 5) is 0. The molecule has 0 aromatic heterocycles. The smallest absolute Gasteiger partial charge is 0.398 e. The van der Waals surface area contributed by atoms with Gasteiger partial charge >= 0.3 is 6.18 Å². The van der Waals surface area contributed by atoms with Crippen LogP contribution in [0.25, 0.3) is 11.1 Å². The van der Waals surface area contributed by atoms with Gasteiger partial charge in [0.15, 0.2) is 0 Å². The minimum Gasteiger partial charge on any atom is -0.398 e. The molecule has 5 heteroatoms. The van der Waals surface area contributed by atoms with Crippen molar-refractivity contribution in [3.8, 4) is 17.2 Å². The SMILES string of the molecule is N#Cc1c(N)cccc1-c1cccc(C(F)(F)F)c1. The van der Waals surface area contributed by atoms with E-state index in [4.69, 9.17) is 11.0 Å². The maximum Gasteiger partial charge on any atom is 0.416 e. The molecule has 0 aliphatic carbocycles. The molecule has 0 unspecified atom stereocenters. The van der Waals surface area contributed by atoms with Gasteiger partial charge in [-0.1, -0.05) is 24.3 Å². The lowest BCUT2D eigenvalue weighted by atomic mass is 9.97. The van der Waals surface area contributed by atoms with E-state index in [0.717, 1.165) is 12.1 Å². The van der Waals surface area contributed by atoms with Crippen molar-refractivity contribution in [1.29, 1.82) is 5.26 Å². The van der Waals surface area contributed by atoms with Crippen molar-refractivity contribution in [2.75, 3.05) is 5.73 Å². The topological polar surface area (TPSA) is 49.8 Å². The predicted molar refractivity (Wildman–Crippen MR) is 66.0 cm³/mol. The van der Waals surface area contributed by atoms with Gasteiger partial charge < -0.3 is 5.73 Å². The van der Waals surface area contributed by atoms with Gasteiger partial charge in [0.1, 0.15) is 6.07 Å². The average Bonchev–Trinajstić information content (AvgIpc) is 2.37. The second-order valence-electron chi connectivity index (χ2n) is 3.96. The van der Waals surface area contributed by atoms with Gasteiger partial charge in [0.05, 0.1) is 16.8 Å². The quantitative estimate of drug-likeness (QED) is 0.794. The fourth-order valence-electron chi connectivity index (χ4n) is 1.80. The van der Waals surface area contributed by atoms with E-state index in [2.05, 4.69) is 0 Å². The molecule has 0 saturated carbocycles. The molecule has 0 aliphatic rings. The van der Waals surface area contributed by atoms with Crippen LogP contribution in [0.3, 0.4) is 0 Å². The summed E-state index contributed by atoms with van der Waals surface area (Å²) in [6, 6.07) is 11.5. The van der Waals surface area contributed by atoms with Crippen LogP contribution in [0, 0.1) is 11.3 Å². The zero-order valence-electron chi connectivity index (χ0n) is 9.70. The lowest BCUT2D eigenvalue weighted by Gasteiger charge is -2.10. The van der Waals surface area contributed by atoms with Gasteiger partial charge in [-0.15, -0.1) is 0 Å². The Labute approximate surface area is 107 Å². The highest BCUT2D eigenvalue weighted by molar-refractivity contribution is 5.77. The van der Waals surface area contributed by atoms with Crippen LogP contribution in [-0.4, -0.2) is 0 Å². The highest BCUT2D eigenvalue weighted by Crippen LogP contribution is 2.33. The molecule has 0 atom stereocenters. The number of benzene rings is 2. The van der Waals surface area contributed by atoms with Crippen molar-refractivity contribution in [1.82, 2.24) is 0 Å². The largest absolute Gasteiger partial charge is 0.416 e. The summed E-state index contributed by atoms with van der Waals surface area (Å²) in [7, 11) is 0. The summed E-state index contributed by atoms with van der Waals surface area (Å²) >= 11 is 0. The van der Waals surface area contributed by atoms with Crippen LogP contribution in [0.4, 0.5) is 18.9 Å². The van der Waals surface area contributed by atoms with Crippen molar-refractivity contribution in [3.63, 3.8) is 0 Å². The van der Waals surface area contributed by atoms with Gasteiger partial charge in [-0.25, -0.2) is 0 Å². The number of nitrogens with zero attached hydrogens (tertiary/aromatic N) is 1. The Kier molecular flexibility index (Phi) is 3.17. The van der Waals surface area contributed by atoms with Gasteiger partial charge in [-0.05, 0) is 23.8 Å². The first kappa shape index (κ1) is 13.0. The van der Waals surface area contributed by atoms with Gasteiger partial charge in [0, 0.05) is 5.56 Å². The molecule has 0 fully saturated rings. The Balaban J connectivity index is 2.61. The second-order valence-corrected chi connectivity index (χ2v) is 3.96. The molecule has 0 radical (unpaired) electrons. The summed E-state index contributed by atoms with van der Waals surface area (Å²) in [6.07, 6.45) is -4.41. The summed E-state index contributed by atoms with van der Waals surface area (Å²) in [5.74, 6) is 0. The van der Waals surface area contributed by atoms with Crippen LogP contribution in [0.2, 0.25) is 0 Å². The Morgan fingerprint density at radius 2 is 1.74 bits per heavy atom. The number of hydrogen-bond acceptors (Lipinski definition) is 2. The normalized spacial score (nSPS) is 11.1. The first-order valence-corrected chi connectivity index (χ1v) is 5.39. The van der Waals surface area contributed by atoms with Crippen molar-refractivity contribution < 1.29 is 13.2 Å². The van der Waals surface area contributed by atoms with Crippen molar-refractivity contribution in [3.05, 3.63) is 53.6 Å². The average molecular weight is 262 g/mol. The molecule has 2 rings (SSSR count). The molecule has 19 heavy (non-hydrogen) atoms. The summed E-state index contributed by atoms with van der Waals surface area (Å²) in [6.45, 7) is 0. The lowest BCUT2D eigenvalue weighted by Crippen LogP contribution is -2.04. The van der Waals surface area contributed by atoms with Gasteiger partial charge in [-0.2, -0.15) is 18.4 Å². The zero-order valence-corrected chi connectivity index (χ0v) is 9.70. The highest BCUT2D eigenvalue weighted by Gasteiger charge is 2.30. The molecule has 2 aromatic rings. The number of alkyl halides is 3. The summed E-state index contributed by atoms with van der Waals surface area (Å²) in [5, 5.41) is 9.04. The van der Waals surface area contributed by atoms with Crippen LogP contribution in [-0.2, 0) is 6.18 Å². The standard InChI is InChI=1S/C14H9F3N2/c15-14(16,17)10-4-1-3-9(7-10)11-5-2-6-13(19)12(11)8-18/h1-7H,19H2. The number of hydrogen-bond donors (Lipinski definition) is 1. The third-order valence-corrected chi connectivity index (χ3v) is 2.71. The summed E-state index contributed by atoms with van der Waals surface area (Å²) in [5.41, 5.74) is 6.04. The van der Waals surface area contributed by atoms with Crippen LogP contribution < -0.4 is 5.73 Å². The molecule has 2 aromatic carbocycles. The third kappa shape index (κ3) is 2.52. The number of nitriles is 1. The second kappa shape index (κ2) is 4.65. The molecule has 0 saturated heterocycles. The molecule has 0 spiro atoms. The van der Waals surface area contributed by atoms with Crippen molar-refractivity contribution in [2.45, 2.75) is 6.18 Å². The Bertz CT molecular complexity index is 654. The van der Waals surface area contributed by atoms with Crippen LogP contribution in [0.15, 0.2) is 42.5 Å². The van der Waals surface area contributed by atoms with Gasteiger partial charge in [0.25, 0.3) is 0 Å². The molecule has 0 bridgehead atoms. The maximum atomic E-state index is 12.7. The maximum absolute atomic E-state index is 12.7. The predicted octanol–water partition coefficient (Wildman–Crippen LogP) is 3.83. The lowest BCUT2D eigenvalue weighted by molar-refractivity contribution is -0.137. The van der Waals surface area contributed by atoms with Crippen LogP contribution >= 0.6 is 0 Å². The van der Waals surface area contributed by atoms with E-state index in [1.165, 1.54) is 18.2 Å².